The van der Waals surface area contributed by atoms with Crippen LogP contribution in [0.1, 0.15) is 6.92 Å². The van der Waals surface area contributed by atoms with Crippen LogP contribution in [0.2, 0.25) is 0 Å². The summed E-state index contributed by atoms with van der Waals surface area (Å²) in [6, 6.07) is 8.81. The van der Waals surface area contributed by atoms with Crippen LogP contribution in [0, 0.1) is 0 Å². The number of hydrogen-bond donors (Lipinski definition) is 3. The Balaban J connectivity index is 2.88. The first kappa shape index (κ1) is 11.9. The topological polar surface area (TPSA) is 59.0 Å². The Labute approximate surface area is 93.4 Å². The minimum absolute atomic E-state index is 0.0413. The van der Waals surface area contributed by atoms with E-state index in [1.807, 2.05) is 13.0 Å². The van der Waals surface area contributed by atoms with Crippen LogP contribution in [-0.2, 0) is 0 Å². The highest BCUT2D eigenvalue weighted by molar-refractivity contribution is 7.80. The van der Waals surface area contributed by atoms with E-state index in [4.69, 9.17) is 22.6 Å². The van der Waals surface area contributed by atoms with Crippen molar-refractivity contribution < 1.29 is 10.4 Å². The third-order valence-corrected chi connectivity index (χ3v) is 2.02. The maximum atomic E-state index is 9.05. The Morgan fingerprint density at radius 1 is 1.33 bits per heavy atom. The summed E-state index contributed by atoms with van der Waals surface area (Å²) in [6.07, 6.45) is 0. The Morgan fingerprint density at radius 3 is 2.40 bits per heavy atom. The van der Waals surface area contributed by atoms with Crippen molar-refractivity contribution in [3.63, 3.8) is 0 Å². The summed E-state index contributed by atoms with van der Waals surface area (Å²) in [6.45, 7) is 2.48. The van der Waals surface area contributed by atoms with Crippen molar-refractivity contribution in [3.05, 3.63) is 30.3 Å². The normalized spacial score (nSPS) is 10.1. The zero-order chi connectivity index (χ0) is 11.3. The second kappa shape index (κ2) is 5.62. The van der Waals surface area contributed by atoms with Crippen LogP contribution >= 0.6 is 12.2 Å². The summed E-state index contributed by atoms with van der Waals surface area (Å²) in [5.41, 5.74) is 0.563. The van der Waals surface area contributed by atoms with Crippen molar-refractivity contribution in [1.82, 2.24) is 10.7 Å². The van der Waals surface area contributed by atoms with Gasteiger partial charge in [0.1, 0.15) is 0 Å². The largest absolute Gasteiger partial charge is 0.361 e. The quantitative estimate of drug-likeness (QED) is 0.536. The SMILES string of the molecule is CCNC(=S)N(c1ccccc1)N(O)O. The molecular formula is C9H13N3O2S. The van der Waals surface area contributed by atoms with Gasteiger partial charge in [0.05, 0.1) is 5.69 Å². The maximum Gasteiger partial charge on any atom is 0.192 e. The van der Waals surface area contributed by atoms with Crippen molar-refractivity contribution in [1.29, 1.82) is 0 Å². The molecule has 0 saturated heterocycles. The van der Waals surface area contributed by atoms with Gasteiger partial charge < -0.3 is 5.32 Å². The van der Waals surface area contributed by atoms with E-state index in [1.165, 1.54) is 0 Å². The molecule has 0 fully saturated rings. The molecule has 0 aliphatic rings. The van der Waals surface area contributed by atoms with E-state index in [9.17, 15) is 0 Å². The van der Waals surface area contributed by atoms with Gasteiger partial charge in [-0.05, 0) is 31.3 Å². The summed E-state index contributed by atoms with van der Waals surface area (Å²) in [5.74, 6) is 0. The number of hydrogen-bond acceptors (Lipinski definition) is 4. The van der Waals surface area contributed by atoms with Gasteiger partial charge in [-0.1, -0.05) is 18.2 Å². The van der Waals surface area contributed by atoms with E-state index in [0.717, 1.165) is 5.01 Å². The Morgan fingerprint density at radius 2 is 1.93 bits per heavy atom. The summed E-state index contributed by atoms with van der Waals surface area (Å²) >= 11 is 4.99. The molecule has 0 aliphatic heterocycles. The van der Waals surface area contributed by atoms with Gasteiger partial charge in [0.25, 0.3) is 0 Å². The van der Waals surface area contributed by atoms with Crippen LogP contribution in [0.3, 0.4) is 0 Å². The van der Waals surface area contributed by atoms with Crippen molar-refractivity contribution in [3.8, 4) is 0 Å². The lowest BCUT2D eigenvalue weighted by Crippen LogP contribution is -2.48. The van der Waals surface area contributed by atoms with Gasteiger partial charge in [-0.25, -0.2) is 5.01 Å². The molecule has 1 aromatic rings. The highest BCUT2D eigenvalue weighted by Crippen LogP contribution is 2.13. The predicted molar refractivity (Wildman–Crippen MR) is 60.6 cm³/mol. The third-order valence-electron chi connectivity index (χ3n) is 1.70. The average molecular weight is 227 g/mol. The van der Waals surface area contributed by atoms with E-state index in [0.29, 0.717) is 12.2 Å². The molecule has 0 radical (unpaired) electrons. The van der Waals surface area contributed by atoms with Crippen LogP contribution in [0.4, 0.5) is 5.69 Å². The molecule has 0 heterocycles. The lowest BCUT2D eigenvalue weighted by molar-refractivity contribution is -0.305. The first-order valence-corrected chi connectivity index (χ1v) is 4.88. The molecule has 15 heavy (non-hydrogen) atoms. The molecule has 0 saturated carbocycles. The number of rotatable bonds is 3. The molecule has 0 aromatic heterocycles. The van der Waals surface area contributed by atoms with Gasteiger partial charge in [0.2, 0.25) is 0 Å². The van der Waals surface area contributed by atoms with Gasteiger partial charge in [-0.3, -0.25) is 10.4 Å². The van der Waals surface area contributed by atoms with Crippen LogP contribution in [0.5, 0.6) is 0 Å². The number of para-hydroxylation sites is 1. The smallest absolute Gasteiger partial charge is 0.192 e. The predicted octanol–water partition coefficient (Wildman–Crippen LogP) is 1.38. The molecule has 0 aliphatic carbocycles. The second-order valence-corrected chi connectivity index (χ2v) is 3.14. The maximum absolute atomic E-state index is 9.05. The fraction of sp³-hybridized carbons (Fsp3) is 0.222. The molecule has 0 atom stereocenters. The highest BCUT2D eigenvalue weighted by atomic mass is 32.1. The number of benzene rings is 1. The molecule has 1 aromatic carbocycles. The molecule has 3 N–H and O–H groups in total. The van der Waals surface area contributed by atoms with Crippen LogP contribution in [0.25, 0.3) is 0 Å². The minimum atomic E-state index is -0.0413. The minimum Gasteiger partial charge on any atom is -0.361 e. The summed E-state index contributed by atoms with van der Waals surface area (Å²) in [7, 11) is 0. The van der Waals surface area contributed by atoms with Crippen LogP contribution < -0.4 is 10.3 Å². The molecule has 0 bridgehead atoms. The van der Waals surface area contributed by atoms with Gasteiger partial charge in [0.15, 0.2) is 5.11 Å². The third kappa shape index (κ3) is 3.14. The molecule has 6 heteroatoms. The van der Waals surface area contributed by atoms with E-state index >= 15 is 0 Å². The van der Waals surface area contributed by atoms with E-state index < -0.39 is 0 Å². The number of nitrogens with one attached hydrogen (secondary N) is 1. The highest BCUT2D eigenvalue weighted by Gasteiger charge is 2.16. The lowest BCUT2D eigenvalue weighted by Gasteiger charge is -2.26. The van der Waals surface area contributed by atoms with Crippen molar-refractivity contribution in [2.75, 3.05) is 11.6 Å². The molecule has 0 spiro atoms. The number of hydrazine groups is 1. The van der Waals surface area contributed by atoms with E-state index in [2.05, 4.69) is 5.32 Å². The molecule has 5 nitrogen and oxygen atoms in total. The fourth-order valence-corrected chi connectivity index (χ4v) is 1.42. The van der Waals surface area contributed by atoms with Gasteiger partial charge >= 0.3 is 0 Å². The van der Waals surface area contributed by atoms with Crippen LogP contribution in [-0.4, -0.2) is 27.4 Å². The van der Waals surface area contributed by atoms with E-state index in [-0.39, 0.29) is 10.4 Å². The van der Waals surface area contributed by atoms with Gasteiger partial charge in [-0.15, -0.1) is 0 Å². The second-order valence-electron chi connectivity index (χ2n) is 2.75. The summed E-state index contributed by atoms with van der Waals surface area (Å²) < 4.78 is 0. The van der Waals surface area contributed by atoms with Gasteiger partial charge in [0, 0.05) is 11.9 Å². The molecule has 1 rings (SSSR count). The first-order valence-electron chi connectivity index (χ1n) is 4.47. The number of nitrogens with zero attached hydrogens (tertiary/aromatic N) is 2. The average Bonchev–Trinajstić information content (AvgIpc) is 2.19. The van der Waals surface area contributed by atoms with E-state index in [1.54, 1.807) is 24.3 Å². The van der Waals surface area contributed by atoms with Crippen LogP contribution in [0.15, 0.2) is 30.3 Å². The monoisotopic (exact) mass is 227 g/mol. The Hall–Kier alpha value is -1.21. The summed E-state index contributed by atoms with van der Waals surface area (Å²) in [4.78, 5) is 0. The van der Waals surface area contributed by atoms with Crippen molar-refractivity contribution in [2.24, 2.45) is 0 Å². The van der Waals surface area contributed by atoms with Crippen molar-refractivity contribution in [2.45, 2.75) is 6.92 Å². The lowest BCUT2D eigenvalue weighted by atomic mass is 10.3. The zero-order valence-corrected chi connectivity index (χ0v) is 9.11. The first-order chi connectivity index (χ1) is 7.16. The number of anilines is 1. The summed E-state index contributed by atoms with van der Waals surface area (Å²) in [5, 5.41) is 22.2. The Kier molecular flexibility index (Phi) is 4.44. The van der Waals surface area contributed by atoms with Crippen molar-refractivity contribution >= 4 is 23.0 Å². The standard InChI is InChI=1S/C9H13N3O2S/c1-2-10-9(15)11(12(13)14)8-6-4-3-5-7-8/h3-7,13-14H,2H2,1H3,(H,10,15). The molecule has 0 amide bonds. The number of thiocarbonyl (C=S) groups is 1. The molecule has 0 unspecified atom stereocenters. The van der Waals surface area contributed by atoms with Gasteiger partial charge in [-0.2, -0.15) is 0 Å². The fourth-order valence-electron chi connectivity index (χ4n) is 1.10. The molecular weight excluding hydrogens is 214 g/mol. The molecule has 82 valence electrons. The Bertz CT molecular complexity index is 318. The zero-order valence-electron chi connectivity index (χ0n) is 8.29.